The minimum absolute atomic E-state index is 0.308. The average molecular weight is 222 g/mol. The summed E-state index contributed by atoms with van der Waals surface area (Å²) in [6.45, 7) is 0. The van der Waals surface area contributed by atoms with Gasteiger partial charge in [0.25, 0.3) is 0 Å². The lowest BCUT2D eigenvalue weighted by Crippen LogP contribution is -2.15. The quantitative estimate of drug-likeness (QED) is 0.563. The molecule has 0 unspecified atom stereocenters. The molecular formula is C12H14O4. The molecule has 0 saturated carbocycles. The maximum absolute atomic E-state index is 11.4. The number of ether oxygens (including phenoxy) is 1. The smallest absolute Gasteiger partial charge is 0.333 e. The monoisotopic (exact) mass is 222 g/mol. The molecule has 86 valence electrons. The molecule has 0 aromatic rings. The van der Waals surface area contributed by atoms with E-state index < -0.39 is 17.9 Å². The summed E-state index contributed by atoms with van der Waals surface area (Å²) in [5.74, 6) is 0.410. The highest BCUT2D eigenvalue weighted by Crippen LogP contribution is 2.27. The summed E-state index contributed by atoms with van der Waals surface area (Å²) in [6, 6.07) is 0. The summed E-state index contributed by atoms with van der Waals surface area (Å²) in [6.07, 6.45) is 8.16. The van der Waals surface area contributed by atoms with E-state index in [9.17, 15) is 9.59 Å². The average Bonchev–Trinajstić information content (AvgIpc) is 2.50. The molecule has 0 radical (unpaired) electrons. The zero-order valence-electron chi connectivity index (χ0n) is 9.10. The lowest BCUT2D eigenvalue weighted by molar-refractivity contribution is -0.142. The normalized spacial score (nSPS) is 24.9. The fourth-order valence-electron chi connectivity index (χ4n) is 1.79. The highest BCUT2D eigenvalue weighted by molar-refractivity contribution is 5.88. The van der Waals surface area contributed by atoms with Crippen LogP contribution in [0.2, 0.25) is 0 Å². The third kappa shape index (κ3) is 2.86. The van der Waals surface area contributed by atoms with E-state index in [1.165, 1.54) is 7.11 Å². The van der Waals surface area contributed by atoms with Crippen molar-refractivity contribution in [3.05, 3.63) is 11.6 Å². The van der Waals surface area contributed by atoms with Crippen LogP contribution in [0.15, 0.2) is 11.6 Å². The van der Waals surface area contributed by atoms with Crippen LogP contribution in [-0.2, 0) is 14.3 Å². The molecule has 4 heteroatoms. The van der Waals surface area contributed by atoms with Gasteiger partial charge in [0.1, 0.15) is 0 Å². The molecule has 0 fully saturated rings. The van der Waals surface area contributed by atoms with E-state index >= 15 is 0 Å². The highest BCUT2D eigenvalue weighted by Gasteiger charge is 2.26. The molecule has 0 bridgehead atoms. The van der Waals surface area contributed by atoms with Gasteiger partial charge in [-0.05, 0) is 19.3 Å². The molecule has 0 aromatic heterocycles. The van der Waals surface area contributed by atoms with Crippen molar-refractivity contribution in [2.24, 2.45) is 11.8 Å². The van der Waals surface area contributed by atoms with E-state index in [1.54, 1.807) is 6.08 Å². The molecule has 0 aromatic carbocycles. The molecule has 2 atom stereocenters. The zero-order chi connectivity index (χ0) is 12.1. The number of carboxylic acids is 1. The Morgan fingerprint density at radius 1 is 1.62 bits per heavy atom. The van der Waals surface area contributed by atoms with Gasteiger partial charge in [0, 0.05) is 11.5 Å². The molecule has 1 aliphatic rings. The number of carboxylic acid groups (broad SMARTS) is 1. The molecule has 1 N–H and O–H groups in total. The van der Waals surface area contributed by atoms with E-state index in [-0.39, 0.29) is 5.92 Å². The van der Waals surface area contributed by atoms with E-state index in [4.69, 9.17) is 11.5 Å². The predicted molar refractivity (Wildman–Crippen MR) is 57.4 cm³/mol. The Hall–Kier alpha value is -1.76. The Morgan fingerprint density at radius 2 is 2.31 bits per heavy atom. The second-order valence-corrected chi connectivity index (χ2v) is 3.77. The minimum atomic E-state index is -0.861. The van der Waals surface area contributed by atoms with Gasteiger partial charge in [-0.1, -0.05) is 12.0 Å². The third-order valence-electron chi connectivity index (χ3n) is 2.71. The van der Waals surface area contributed by atoms with E-state index in [0.717, 1.165) is 0 Å². The number of carbonyl (C=O) groups excluding carboxylic acids is 1. The molecule has 0 heterocycles. The number of aliphatic carboxylic acids is 1. The summed E-state index contributed by atoms with van der Waals surface area (Å²) >= 11 is 0. The van der Waals surface area contributed by atoms with Crippen LogP contribution < -0.4 is 0 Å². The van der Waals surface area contributed by atoms with Gasteiger partial charge in [0.05, 0.1) is 13.0 Å². The first kappa shape index (κ1) is 12.3. The molecule has 0 saturated heterocycles. The number of hydrogen-bond donors (Lipinski definition) is 1. The maximum atomic E-state index is 11.4. The lowest BCUT2D eigenvalue weighted by Gasteiger charge is -2.10. The van der Waals surface area contributed by atoms with Crippen LogP contribution in [0.1, 0.15) is 19.3 Å². The van der Waals surface area contributed by atoms with Crippen molar-refractivity contribution in [2.75, 3.05) is 7.11 Å². The first-order chi connectivity index (χ1) is 7.58. The fourth-order valence-corrected chi connectivity index (χ4v) is 1.79. The highest BCUT2D eigenvalue weighted by atomic mass is 16.5. The first-order valence-electron chi connectivity index (χ1n) is 5.06. The number of methoxy groups -OCH3 is 1. The second-order valence-electron chi connectivity index (χ2n) is 3.77. The second kappa shape index (κ2) is 5.36. The number of terminal acetylenes is 1. The summed E-state index contributed by atoms with van der Waals surface area (Å²) < 4.78 is 4.61. The molecular weight excluding hydrogens is 208 g/mol. The van der Waals surface area contributed by atoms with Crippen LogP contribution in [0.3, 0.4) is 0 Å². The van der Waals surface area contributed by atoms with E-state index in [1.807, 2.05) is 0 Å². The van der Waals surface area contributed by atoms with Crippen LogP contribution in [0, 0.1) is 24.2 Å². The minimum Gasteiger partial charge on any atom is -0.481 e. The number of rotatable bonds is 2. The maximum Gasteiger partial charge on any atom is 0.333 e. The van der Waals surface area contributed by atoms with Crippen LogP contribution in [0.4, 0.5) is 0 Å². The molecule has 0 aliphatic heterocycles. The molecule has 16 heavy (non-hydrogen) atoms. The summed E-state index contributed by atoms with van der Waals surface area (Å²) in [5.41, 5.74) is 0.481. The van der Waals surface area contributed by atoms with Crippen molar-refractivity contribution in [1.82, 2.24) is 0 Å². The van der Waals surface area contributed by atoms with Crippen molar-refractivity contribution in [1.29, 1.82) is 0 Å². The molecule has 0 spiro atoms. The van der Waals surface area contributed by atoms with Crippen molar-refractivity contribution >= 4 is 11.9 Å². The number of hydrogen-bond acceptors (Lipinski definition) is 3. The SMILES string of the molecule is C#C[C@H]1C=C(C(=O)OC)CC[C@@H](C(=O)O)C1. The van der Waals surface area contributed by atoms with Crippen LogP contribution in [0.25, 0.3) is 0 Å². The predicted octanol–water partition coefficient (Wildman–Crippen LogP) is 1.22. The van der Waals surface area contributed by atoms with Crippen molar-refractivity contribution in [2.45, 2.75) is 19.3 Å². The molecule has 1 rings (SSSR count). The van der Waals surface area contributed by atoms with Crippen LogP contribution >= 0.6 is 0 Å². The van der Waals surface area contributed by atoms with Gasteiger partial charge in [-0.25, -0.2) is 4.79 Å². The molecule has 4 nitrogen and oxygen atoms in total. The van der Waals surface area contributed by atoms with Gasteiger partial charge in [0.15, 0.2) is 0 Å². The standard InChI is InChI=1S/C12H14O4/c1-3-8-6-9(11(13)14)4-5-10(7-8)12(15)16-2/h1,7-9H,4-6H2,2H3,(H,13,14)/t8-,9-/m1/s1. The van der Waals surface area contributed by atoms with Crippen molar-refractivity contribution < 1.29 is 19.4 Å². The van der Waals surface area contributed by atoms with Gasteiger partial charge in [-0.3, -0.25) is 4.79 Å². The van der Waals surface area contributed by atoms with Gasteiger partial charge < -0.3 is 9.84 Å². The summed E-state index contributed by atoms with van der Waals surface area (Å²) in [7, 11) is 1.30. The van der Waals surface area contributed by atoms with Gasteiger partial charge in [-0.2, -0.15) is 0 Å². The summed E-state index contributed by atoms with van der Waals surface area (Å²) in [4.78, 5) is 22.3. The van der Waals surface area contributed by atoms with Crippen molar-refractivity contribution in [3.63, 3.8) is 0 Å². The Morgan fingerprint density at radius 3 is 2.81 bits per heavy atom. The Bertz CT molecular complexity index is 362. The Balaban J connectivity index is 2.85. The molecule has 0 amide bonds. The molecule has 1 aliphatic carbocycles. The first-order valence-corrected chi connectivity index (χ1v) is 5.06. The van der Waals surface area contributed by atoms with E-state index in [2.05, 4.69) is 10.7 Å². The van der Waals surface area contributed by atoms with Gasteiger partial charge in [0.2, 0.25) is 0 Å². The van der Waals surface area contributed by atoms with Crippen LogP contribution in [-0.4, -0.2) is 24.2 Å². The van der Waals surface area contributed by atoms with Gasteiger partial charge >= 0.3 is 11.9 Å². The van der Waals surface area contributed by atoms with E-state index in [0.29, 0.717) is 24.8 Å². The zero-order valence-corrected chi connectivity index (χ0v) is 9.10. The van der Waals surface area contributed by atoms with Gasteiger partial charge in [-0.15, -0.1) is 6.42 Å². The topological polar surface area (TPSA) is 63.6 Å². The summed E-state index contributed by atoms with van der Waals surface area (Å²) in [5, 5.41) is 8.95. The Kier molecular flexibility index (Phi) is 4.12. The third-order valence-corrected chi connectivity index (χ3v) is 2.71. The number of allylic oxidation sites excluding steroid dienone is 1. The Labute approximate surface area is 94.3 Å². The number of esters is 1. The van der Waals surface area contributed by atoms with Crippen LogP contribution in [0.5, 0.6) is 0 Å². The van der Waals surface area contributed by atoms with Crippen molar-refractivity contribution in [3.8, 4) is 12.3 Å². The largest absolute Gasteiger partial charge is 0.481 e. The fraction of sp³-hybridized carbons (Fsp3) is 0.500. The lowest BCUT2D eigenvalue weighted by atomic mass is 9.94. The number of carbonyl (C=O) groups is 2.